The highest BCUT2D eigenvalue weighted by Gasteiger charge is 2.51. The third-order valence-electron chi connectivity index (χ3n) is 6.20. The van der Waals surface area contributed by atoms with Gasteiger partial charge in [-0.05, 0) is 31.2 Å². The summed E-state index contributed by atoms with van der Waals surface area (Å²) >= 11 is 0. The monoisotopic (exact) mass is 457 g/mol. The molecule has 1 fully saturated rings. The minimum atomic E-state index is -1.03. The van der Waals surface area contributed by atoms with E-state index in [4.69, 9.17) is 4.74 Å². The number of urea groups is 1. The maximum atomic E-state index is 13.8. The highest BCUT2D eigenvalue weighted by molar-refractivity contribution is 6.07. The maximum absolute atomic E-state index is 13.8. The van der Waals surface area contributed by atoms with Crippen molar-refractivity contribution in [3.63, 3.8) is 0 Å². The average molecular weight is 458 g/mol. The van der Waals surface area contributed by atoms with E-state index in [0.29, 0.717) is 19.4 Å². The molecule has 4 rings (SSSR count). The molecule has 6 heteroatoms. The Morgan fingerprint density at radius 3 is 2.06 bits per heavy atom. The van der Waals surface area contributed by atoms with Gasteiger partial charge in [-0.25, -0.2) is 9.69 Å². The van der Waals surface area contributed by atoms with Crippen LogP contribution in [0.1, 0.15) is 22.3 Å². The number of hydrogen-bond acceptors (Lipinski definition) is 4. The molecule has 0 radical (unpaired) electrons. The zero-order valence-electron chi connectivity index (χ0n) is 20.0. The van der Waals surface area contributed by atoms with Gasteiger partial charge in [-0.15, -0.1) is 0 Å². The van der Waals surface area contributed by atoms with Crippen LogP contribution in [0.15, 0.2) is 78.9 Å². The molecule has 6 nitrogen and oxygen atoms in total. The van der Waals surface area contributed by atoms with E-state index in [9.17, 15) is 9.59 Å². The maximum Gasteiger partial charge on any atom is 0.326 e. The Balaban J connectivity index is 1.56. The first-order valence-electron chi connectivity index (χ1n) is 11.4. The van der Waals surface area contributed by atoms with Crippen molar-refractivity contribution >= 4 is 11.9 Å². The number of carbonyl (C=O) groups excluding carboxylic acids is 2. The summed E-state index contributed by atoms with van der Waals surface area (Å²) in [6.45, 7) is 2.77. The summed E-state index contributed by atoms with van der Waals surface area (Å²) in [6.07, 6.45) is 0.860. The molecule has 1 heterocycles. The van der Waals surface area contributed by atoms with Crippen molar-refractivity contribution in [2.45, 2.75) is 31.8 Å². The first-order chi connectivity index (χ1) is 16.4. The molecule has 1 aliphatic rings. The van der Waals surface area contributed by atoms with Gasteiger partial charge in [0.15, 0.2) is 0 Å². The third kappa shape index (κ3) is 5.13. The molecule has 0 saturated carbocycles. The SMILES string of the molecule is COc1ccc(C)cc1CN(C)CN1C(=O)NC(Cc2ccccc2)(Cc2ccccc2)C1=O. The van der Waals surface area contributed by atoms with Crippen LogP contribution in [0.5, 0.6) is 5.75 Å². The van der Waals surface area contributed by atoms with E-state index < -0.39 is 5.54 Å². The number of amides is 3. The first kappa shape index (κ1) is 23.5. The molecule has 0 aliphatic carbocycles. The summed E-state index contributed by atoms with van der Waals surface area (Å²) in [5.74, 6) is 0.588. The average Bonchev–Trinajstić information content (AvgIpc) is 3.04. The van der Waals surface area contributed by atoms with E-state index in [0.717, 1.165) is 28.0 Å². The molecule has 0 bridgehead atoms. The van der Waals surface area contributed by atoms with E-state index in [-0.39, 0.29) is 18.6 Å². The van der Waals surface area contributed by atoms with E-state index >= 15 is 0 Å². The lowest BCUT2D eigenvalue weighted by Gasteiger charge is -2.28. The first-order valence-corrected chi connectivity index (χ1v) is 11.4. The van der Waals surface area contributed by atoms with Crippen molar-refractivity contribution in [2.24, 2.45) is 0 Å². The standard InChI is InChI=1S/C28H31N3O3/c1-21-14-15-25(34-3)24(16-21)19-30(2)20-31-26(32)28(29-27(31)33,17-22-10-6-4-7-11-22)18-23-12-8-5-9-13-23/h4-16H,17-20H2,1-3H3,(H,29,33). The second kappa shape index (κ2) is 10.1. The number of ether oxygens (including phenoxy) is 1. The number of aryl methyl sites for hydroxylation is 1. The Hall–Kier alpha value is -3.64. The summed E-state index contributed by atoms with van der Waals surface area (Å²) in [4.78, 5) is 30.2. The molecule has 3 amide bonds. The van der Waals surface area contributed by atoms with Gasteiger partial charge in [0.1, 0.15) is 11.3 Å². The topological polar surface area (TPSA) is 61.9 Å². The number of methoxy groups -OCH3 is 1. The molecule has 3 aromatic rings. The number of hydrogen-bond donors (Lipinski definition) is 1. The van der Waals surface area contributed by atoms with Crippen LogP contribution in [0.25, 0.3) is 0 Å². The number of benzene rings is 3. The Kier molecular flexibility index (Phi) is 6.98. The van der Waals surface area contributed by atoms with Crippen molar-refractivity contribution in [3.8, 4) is 5.75 Å². The quantitative estimate of drug-likeness (QED) is 0.490. The van der Waals surface area contributed by atoms with Crippen LogP contribution < -0.4 is 10.1 Å². The smallest absolute Gasteiger partial charge is 0.326 e. The minimum absolute atomic E-state index is 0.188. The number of imide groups is 1. The molecule has 0 spiro atoms. The van der Waals surface area contributed by atoms with E-state index in [2.05, 4.69) is 11.4 Å². The van der Waals surface area contributed by atoms with Crippen molar-refractivity contribution in [1.29, 1.82) is 0 Å². The Morgan fingerprint density at radius 2 is 1.50 bits per heavy atom. The van der Waals surface area contributed by atoms with Crippen LogP contribution in [0.2, 0.25) is 0 Å². The lowest BCUT2D eigenvalue weighted by Crippen LogP contribution is -2.51. The fraction of sp³-hybridized carbons (Fsp3) is 0.286. The molecule has 0 aromatic heterocycles. The zero-order chi connectivity index (χ0) is 24.1. The summed E-state index contributed by atoms with van der Waals surface area (Å²) in [5, 5.41) is 3.05. The predicted octanol–water partition coefficient (Wildman–Crippen LogP) is 4.17. The predicted molar refractivity (Wildman–Crippen MR) is 132 cm³/mol. The summed E-state index contributed by atoms with van der Waals surface area (Å²) in [7, 11) is 3.55. The van der Waals surface area contributed by atoms with Crippen molar-refractivity contribution in [2.75, 3.05) is 20.8 Å². The van der Waals surface area contributed by atoms with Gasteiger partial charge in [0.05, 0.1) is 13.8 Å². The molecular weight excluding hydrogens is 426 g/mol. The van der Waals surface area contributed by atoms with Crippen LogP contribution in [0, 0.1) is 6.92 Å². The number of nitrogens with zero attached hydrogens (tertiary/aromatic N) is 2. The van der Waals surface area contributed by atoms with Crippen molar-refractivity contribution in [3.05, 3.63) is 101 Å². The van der Waals surface area contributed by atoms with Crippen LogP contribution in [-0.4, -0.2) is 48.1 Å². The highest BCUT2D eigenvalue weighted by atomic mass is 16.5. The number of rotatable bonds is 9. The van der Waals surface area contributed by atoms with Gasteiger partial charge in [-0.1, -0.05) is 78.4 Å². The van der Waals surface area contributed by atoms with Crippen LogP contribution >= 0.6 is 0 Å². The summed E-state index contributed by atoms with van der Waals surface area (Å²) in [5.41, 5.74) is 3.13. The Labute approximate surface area is 201 Å². The fourth-order valence-electron chi connectivity index (χ4n) is 4.61. The zero-order valence-corrected chi connectivity index (χ0v) is 20.0. The molecular formula is C28H31N3O3. The highest BCUT2D eigenvalue weighted by Crippen LogP contribution is 2.28. The number of carbonyl (C=O) groups is 2. The molecule has 1 N–H and O–H groups in total. The van der Waals surface area contributed by atoms with Gasteiger partial charge in [0, 0.05) is 24.9 Å². The van der Waals surface area contributed by atoms with E-state index in [1.54, 1.807) is 7.11 Å². The van der Waals surface area contributed by atoms with Crippen LogP contribution in [-0.2, 0) is 24.2 Å². The van der Waals surface area contributed by atoms with Gasteiger partial charge in [0.2, 0.25) is 0 Å². The minimum Gasteiger partial charge on any atom is -0.496 e. The molecule has 3 aromatic carbocycles. The van der Waals surface area contributed by atoms with Gasteiger partial charge in [-0.2, -0.15) is 0 Å². The third-order valence-corrected chi connectivity index (χ3v) is 6.20. The van der Waals surface area contributed by atoms with Gasteiger partial charge in [0.25, 0.3) is 5.91 Å². The lowest BCUT2D eigenvalue weighted by molar-refractivity contribution is -0.132. The Bertz CT molecular complexity index is 1110. The molecule has 1 aliphatic heterocycles. The van der Waals surface area contributed by atoms with Crippen molar-refractivity contribution < 1.29 is 14.3 Å². The molecule has 0 atom stereocenters. The second-order valence-corrected chi connectivity index (χ2v) is 9.04. The largest absolute Gasteiger partial charge is 0.496 e. The lowest BCUT2D eigenvalue weighted by atomic mass is 9.84. The molecule has 0 unspecified atom stereocenters. The van der Waals surface area contributed by atoms with E-state index in [1.165, 1.54) is 4.90 Å². The van der Waals surface area contributed by atoms with Crippen LogP contribution in [0.4, 0.5) is 4.79 Å². The van der Waals surface area contributed by atoms with E-state index in [1.807, 2.05) is 91.7 Å². The van der Waals surface area contributed by atoms with Gasteiger partial charge in [-0.3, -0.25) is 9.69 Å². The second-order valence-electron chi connectivity index (χ2n) is 9.04. The molecule has 1 saturated heterocycles. The normalized spacial score (nSPS) is 15.0. The van der Waals surface area contributed by atoms with Crippen LogP contribution in [0.3, 0.4) is 0 Å². The van der Waals surface area contributed by atoms with Crippen molar-refractivity contribution in [1.82, 2.24) is 15.1 Å². The molecule has 34 heavy (non-hydrogen) atoms. The van der Waals surface area contributed by atoms with Gasteiger partial charge < -0.3 is 10.1 Å². The summed E-state index contributed by atoms with van der Waals surface area (Å²) < 4.78 is 5.49. The fourth-order valence-corrected chi connectivity index (χ4v) is 4.61. The Morgan fingerprint density at radius 1 is 0.912 bits per heavy atom. The number of nitrogens with one attached hydrogen (secondary N) is 1. The van der Waals surface area contributed by atoms with Gasteiger partial charge >= 0.3 is 6.03 Å². The summed E-state index contributed by atoms with van der Waals surface area (Å²) in [6, 6.07) is 25.3. The molecule has 176 valence electrons.